The molecule has 8 heteroatoms. The summed E-state index contributed by atoms with van der Waals surface area (Å²) in [6.45, 7) is 1.84. The highest BCUT2D eigenvalue weighted by molar-refractivity contribution is 7.99. The van der Waals surface area contributed by atoms with Crippen molar-refractivity contribution in [3.63, 3.8) is 0 Å². The van der Waals surface area contributed by atoms with Crippen LogP contribution in [0.15, 0.2) is 33.8 Å². The lowest BCUT2D eigenvalue weighted by molar-refractivity contribution is 0.318. The summed E-state index contributed by atoms with van der Waals surface area (Å²) in [6, 6.07) is 3.48. The highest BCUT2D eigenvalue weighted by atomic mass is 32.2. The van der Waals surface area contributed by atoms with Gasteiger partial charge in [-0.25, -0.2) is 4.98 Å². The van der Waals surface area contributed by atoms with E-state index >= 15 is 0 Å². The largest absolute Gasteiger partial charge is 0.409 e. The smallest absolute Gasteiger partial charge is 0.197 e. The monoisotopic (exact) mass is 264 g/mol. The Morgan fingerprint density at radius 1 is 1.50 bits per heavy atom. The second kappa shape index (κ2) is 5.05. The maximum absolute atomic E-state index is 8.68. The van der Waals surface area contributed by atoms with Crippen molar-refractivity contribution in [3.8, 4) is 0 Å². The molecule has 94 valence electrons. The van der Waals surface area contributed by atoms with E-state index in [0.29, 0.717) is 10.6 Å². The SMILES string of the molecule is Cc1cc(/C(N)=N/O)cc(Sc2nncn2C)n1. The molecule has 0 radical (unpaired) electrons. The molecular weight excluding hydrogens is 252 g/mol. The Morgan fingerprint density at radius 2 is 2.28 bits per heavy atom. The minimum Gasteiger partial charge on any atom is -0.409 e. The first-order chi connectivity index (χ1) is 8.60. The van der Waals surface area contributed by atoms with E-state index in [1.165, 1.54) is 11.8 Å². The Balaban J connectivity index is 2.34. The van der Waals surface area contributed by atoms with E-state index in [1.807, 2.05) is 14.0 Å². The van der Waals surface area contributed by atoms with Gasteiger partial charge in [0.1, 0.15) is 11.4 Å². The molecule has 0 atom stereocenters. The highest BCUT2D eigenvalue weighted by Gasteiger charge is 2.08. The van der Waals surface area contributed by atoms with Crippen molar-refractivity contribution in [2.75, 3.05) is 0 Å². The predicted octanol–water partition coefficient (Wildman–Crippen LogP) is 0.764. The van der Waals surface area contributed by atoms with E-state index in [9.17, 15) is 0 Å². The quantitative estimate of drug-likeness (QED) is 0.367. The number of nitrogens with two attached hydrogens (primary N) is 1. The molecule has 18 heavy (non-hydrogen) atoms. The molecule has 2 rings (SSSR count). The predicted molar refractivity (Wildman–Crippen MR) is 66.6 cm³/mol. The fraction of sp³-hybridized carbons (Fsp3) is 0.200. The number of oxime groups is 1. The number of pyridine rings is 1. The average molecular weight is 264 g/mol. The van der Waals surface area contributed by atoms with E-state index in [4.69, 9.17) is 10.9 Å². The molecular formula is C10H12N6OS. The molecule has 2 heterocycles. The van der Waals surface area contributed by atoms with Gasteiger partial charge in [0.25, 0.3) is 0 Å². The average Bonchev–Trinajstić information content (AvgIpc) is 2.73. The lowest BCUT2D eigenvalue weighted by Crippen LogP contribution is -2.13. The Hall–Kier alpha value is -2.09. The van der Waals surface area contributed by atoms with Crippen molar-refractivity contribution >= 4 is 17.6 Å². The number of aryl methyl sites for hydroxylation is 2. The summed E-state index contributed by atoms with van der Waals surface area (Å²) in [5, 5.41) is 20.8. The van der Waals surface area contributed by atoms with Gasteiger partial charge in [0.2, 0.25) is 0 Å². The van der Waals surface area contributed by atoms with Gasteiger partial charge in [-0.1, -0.05) is 5.16 Å². The zero-order chi connectivity index (χ0) is 13.1. The van der Waals surface area contributed by atoms with Crippen LogP contribution in [-0.2, 0) is 7.05 Å². The number of hydrogen-bond donors (Lipinski definition) is 2. The van der Waals surface area contributed by atoms with Gasteiger partial charge in [0.15, 0.2) is 11.0 Å². The third-order valence-electron chi connectivity index (χ3n) is 2.20. The van der Waals surface area contributed by atoms with Crippen LogP contribution in [0, 0.1) is 6.92 Å². The molecule has 0 aromatic carbocycles. The van der Waals surface area contributed by atoms with Gasteiger partial charge in [-0.15, -0.1) is 10.2 Å². The van der Waals surface area contributed by atoms with Crippen LogP contribution in [0.2, 0.25) is 0 Å². The minimum atomic E-state index is 0.0558. The highest BCUT2D eigenvalue weighted by Crippen LogP contribution is 2.24. The van der Waals surface area contributed by atoms with E-state index < -0.39 is 0 Å². The fourth-order valence-electron chi connectivity index (χ4n) is 1.35. The number of hydrogen-bond acceptors (Lipinski definition) is 6. The van der Waals surface area contributed by atoms with Crippen LogP contribution in [0.1, 0.15) is 11.3 Å². The van der Waals surface area contributed by atoms with Crippen molar-refractivity contribution in [2.45, 2.75) is 17.1 Å². The van der Waals surface area contributed by atoms with Gasteiger partial charge in [0, 0.05) is 18.3 Å². The first-order valence-corrected chi connectivity index (χ1v) is 5.90. The Morgan fingerprint density at radius 3 is 2.89 bits per heavy atom. The van der Waals surface area contributed by atoms with Gasteiger partial charge in [-0.3, -0.25) is 0 Å². The van der Waals surface area contributed by atoms with Crippen molar-refractivity contribution in [2.24, 2.45) is 17.9 Å². The lowest BCUT2D eigenvalue weighted by Gasteiger charge is -2.05. The maximum Gasteiger partial charge on any atom is 0.197 e. The molecule has 0 spiro atoms. The number of nitrogens with zero attached hydrogens (tertiary/aromatic N) is 5. The fourth-order valence-corrected chi connectivity index (χ4v) is 2.20. The van der Waals surface area contributed by atoms with Gasteiger partial charge in [-0.05, 0) is 30.8 Å². The van der Waals surface area contributed by atoms with Crippen LogP contribution < -0.4 is 5.73 Å². The van der Waals surface area contributed by atoms with E-state index in [2.05, 4.69) is 20.3 Å². The Bertz CT molecular complexity index is 594. The summed E-state index contributed by atoms with van der Waals surface area (Å²) >= 11 is 1.36. The molecule has 0 fully saturated rings. The molecule has 0 aliphatic heterocycles. The van der Waals surface area contributed by atoms with Crippen molar-refractivity contribution in [1.29, 1.82) is 0 Å². The van der Waals surface area contributed by atoms with Gasteiger partial charge in [0.05, 0.1) is 0 Å². The summed E-state index contributed by atoms with van der Waals surface area (Å²) in [4.78, 5) is 4.36. The molecule has 0 unspecified atom stereocenters. The summed E-state index contributed by atoms with van der Waals surface area (Å²) in [5.74, 6) is 0.0558. The first kappa shape index (κ1) is 12.4. The van der Waals surface area contributed by atoms with Crippen LogP contribution in [0.25, 0.3) is 0 Å². The first-order valence-electron chi connectivity index (χ1n) is 5.08. The molecule has 0 saturated heterocycles. The third-order valence-corrected chi connectivity index (χ3v) is 3.17. The number of rotatable bonds is 3. The summed E-state index contributed by atoms with van der Waals surface area (Å²) in [7, 11) is 1.85. The van der Waals surface area contributed by atoms with Crippen LogP contribution >= 0.6 is 11.8 Å². The van der Waals surface area contributed by atoms with Crippen LogP contribution in [0.3, 0.4) is 0 Å². The molecule has 0 bridgehead atoms. The molecule has 7 nitrogen and oxygen atoms in total. The van der Waals surface area contributed by atoms with Crippen molar-refractivity contribution < 1.29 is 5.21 Å². The zero-order valence-corrected chi connectivity index (χ0v) is 10.7. The summed E-state index contributed by atoms with van der Waals surface area (Å²) in [5.41, 5.74) is 6.97. The van der Waals surface area contributed by atoms with E-state index in [-0.39, 0.29) is 5.84 Å². The molecule has 0 amide bonds. The third kappa shape index (κ3) is 2.59. The minimum absolute atomic E-state index is 0.0558. The second-order valence-corrected chi connectivity index (χ2v) is 4.63. The molecule has 3 N–H and O–H groups in total. The van der Waals surface area contributed by atoms with Gasteiger partial charge < -0.3 is 15.5 Å². The van der Waals surface area contributed by atoms with Crippen LogP contribution in [0.4, 0.5) is 0 Å². The molecule has 0 aliphatic rings. The summed E-state index contributed by atoms with van der Waals surface area (Å²) in [6.07, 6.45) is 1.61. The van der Waals surface area contributed by atoms with E-state index in [0.717, 1.165) is 10.9 Å². The zero-order valence-electron chi connectivity index (χ0n) is 9.90. The second-order valence-electron chi connectivity index (χ2n) is 3.65. The molecule has 0 saturated carbocycles. The lowest BCUT2D eigenvalue weighted by atomic mass is 10.2. The van der Waals surface area contributed by atoms with Crippen molar-refractivity contribution in [1.82, 2.24) is 19.7 Å². The molecule has 0 aliphatic carbocycles. The molecule has 2 aromatic heterocycles. The number of aromatic nitrogens is 4. The normalized spacial score (nSPS) is 11.8. The standard InChI is InChI=1S/C10H12N6OS/c1-6-3-7(9(11)15-17)4-8(13-6)18-10-14-12-5-16(10)2/h3-5,17H,1-2H3,(H2,11,15). The Kier molecular flexibility index (Phi) is 3.47. The van der Waals surface area contributed by atoms with Gasteiger partial charge in [-0.2, -0.15) is 0 Å². The Labute approximate surface area is 108 Å². The van der Waals surface area contributed by atoms with Gasteiger partial charge >= 0.3 is 0 Å². The van der Waals surface area contributed by atoms with Crippen LogP contribution in [0.5, 0.6) is 0 Å². The summed E-state index contributed by atoms with van der Waals surface area (Å²) < 4.78 is 1.79. The topological polar surface area (TPSA) is 102 Å². The number of amidine groups is 1. The maximum atomic E-state index is 8.68. The van der Waals surface area contributed by atoms with Crippen molar-refractivity contribution in [3.05, 3.63) is 29.7 Å². The molecule has 2 aromatic rings. The van der Waals surface area contributed by atoms with E-state index in [1.54, 1.807) is 23.0 Å². The van der Waals surface area contributed by atoms with Crippen LogP contribution in [-0.4, -0.2) is 30.8 Å².